The molecule has 0 unspecified atom stereocenters. The van der Waals surface area contributed by atoms with E-state index in [-0.39, 0.29) is 17.8 Å². The van der Waals surface area contributed by atoms with Crippen molar-refractivity contribution in [1.29, 1.82) is 0 Å². The third-order valence-corrected chi connectivity index (χ3v) is 3.86. The number of hydrogen-bond acceptors (Lipinski definition) is 4. The molecule has 132 valence electrons. The van der Waals surface area contributed by atoms with Gasteiger partial charge in [-0.3, -0.25) is 4.98 Å². The number of ether oxygens (including phenoxy) is 1. The molecule has 0 aliphatic carbocycles. The van der Waals surface area contributed by atoms with Crippen LogP contribution < -0.4 is 20.3 Å². The summed E-state index contributed by atoms with van der Waals surface area (Å²) in [4.78, 5) is 17.9. The number of urea groups is 1. The molecule has 1 saturated heterocycles. The third-order valence-electron chi connectivity index (χ3n) is 3.86. The van der Waals surface area contributed by atoms with Crippen LogP contribution in [0.15, 0.2) is 48.8 Å². The molecule has 0 bridgehead atoms. The van der Waals surface area contributed by atoms with Gasteiger partial charge in [0, 0.05) is 25.3 Å². The van der Waals surface area contributed by atoms with Gasteiger partial charge in [-0.25, -0.2) is 4.79 Å². The number of para-hydroxylation sites is 2. The monoisotopic (exact) mass is 348 g/mol. The zero-order valence-electron chi connectivity index (χ0n) is 13.4. The highest BCUT2D eigenvalue weighted by Crippen LogP contribution is 2.31. The SMILES string of the molecule is O=C(Nc1cccnc1)N[C@H]1CCN(c2ccccc2OC(F)F)C1. The van der Waals surface area contributed by atoms with Gasteiger partial charge in [-0.15, -0.1) is 0 Å². The van der Waals surface area contributed by atoms with Gasteiger partial charge in [0.1, 0.15) is 5.75 Å². The Hall–Kier alpha value is -2.90. The first-order valence-corrected chi connectivity index (χ1v) is 7.88. The minimum absolute atomic E-state index is 0.0868. The van der Waals surface area contributed by atoms with E-state index in [0.717, 1.165) is 0 Å². The van der Waals surface area contributed by atoms with Crippen LogP contribution in [0.2, 0.25) is 0 Å². The topological polar surface area (TPSA) is 66.5 Å². The van der Waals surface area contributed by atoms with Gasteiger partial charge in [0.15, 0.2) is 0 Å². The number of anilines is 2. The maximum absolute atomic E-state index is 12.5. The largest absolute Gasteiger partial charge is 0.433 e. The lowest BCUT2D eigenvalue weighted by molar-refractivity contribution is -0.0495. The number of aromatic nitrogens is 1. The molecule has 2 amide bonds. The first kappa shape index (κ1) is 16.9. The summed E-state index contributed by atoms with van der Waals surface area (Å²) < 4.78 is 29.6. The Morgan fingerprint density at radius 3 is 2.88 bits per heavy atom. The van der Waals surface area contributed by atoms with Crippen LogP contribution in [0.3, 0.4) is 0 Å². The molecule has 0 spiro atoms. The Labute approximate surface area is 143 Å². The van der Waals surface area contributed by atoms with Crippen molar-refractivity contribution >= 4 is 17.4 Å². The van der Waals surface area contributed by atoms with E-state index in [2.05, 4.69) is 20.4 Å². The summed E-state index contributed by atoms with van der Waals surface area (Å²) in [6.07, 6.45) is 3.89. The van der Waals surface area contributed by atoms with E-state index >= 15 is 0 Å². The molecule has 25 heavy (non-hydrogen) atoms. The van der Waals surface area contributed by atoms with Crippen molar-refractivity contribution in [3.63, 3.8) is 0 Å². The number of halogens is 2. The molecule has 1 aliphatic rings. The minimum Gasteiger partial charge on any atom is -0.433 e. The van der Waals surface area contributed by atoms with Crippen LogP contribution in [0.25, 0.3) is 0 Å². The van der Waals surface area contributed by atoms with Crippen LogP contribution in [0.5, 0.6) is 5.75 Å². The molecular formula is C17H18F2N4O2. The highest BCUT2D eigenvalue weighted by atomic mass is 19.3. The molecule has 8 heteroatoms. The second kappa shape index (κ2) is 7.78. The molecule has 0 saturated carbocycles. The summed E-state index contributed by atoms with van der Waals surface area (Å²) in [5, 5.41) is 5.58. The predicted molar refractivity (Wildman–Crippen MR) is 90.1 cm³/mol. The second-order valence-corrected chi connectivity index (χ2v) is 5.62. The summed E-state index contributed by atoms with van der Waals surface area (Å²) in [6, 6.07) is 9.72. The van der Waals surface area contributed by atoms with Crippen molar-refractivity contribution in [3.8, 4) is 5.75 Å². The highest BCUT2D eigenvalue weighted by Gasteiger charge is 2.26. The Balaban J connectivity index is 1.58. The van der Waals surface area contributed by atoms with Crippen LogP contribution >= 0.6 is 0 Å². The predicted octanol–water partition coefficient (Wildman–Crippen LogP) is 3.08. The van der Waals surface area contributed by atoms with E-state index in [4.69, 9.17) is 0 Å². The molecule has 1 aliphatic heterocycles. The average molecular weight is 348 g/mol. The summed E-state index contributed by atoms with van der Waals surface area (Å²) in [5.41, 5.74) is 1.20. The van der Waals surface area contributed by atoms with Gasteiger partial charge in [0.2, 0.25) is 0 Å². The highest BCUT2D eigenvalue weighted by molar-refractivity contribution is 5.89. The molecule has 3 rings (SSSR count). The molecule has 1 aromatic heterocycles. The zero-order chi connectivity index (χ0) is 17.6. The Morgan fingerprint density at radius 2 is 2.12 bits per heavy atom. The summed E-state index contributed by atoms with van der Waals surface area (Å²) in [5.74, 6) is 0.137. The number of carbonyl (C=O) groups is 1. The molecule has 2 aromatic rings. The lowest BCUT2D eigenvalue weighted by Gasteiger charge is -2.22. The van der Waals surface area contributed by atoms with Gasteiger partial charge in [0.05, 0.1) is 17.6 Å². The van der Waals surface area contributed by atoms with Crippen molar-refractivity contribution in [2.45, 2.75) is 19.1 Å². The third kappa shape index (κ3) is 4.56. The fourth-order valence-electron chi connectivity index (χ4n) is 2.80. The zero-order valence-corrected chi connectivity index (χ0v) is 13.4. The fourth-order valence-corrected chi connectivity index (χ4v) is 2.80. The summed E-state index contributed by atoms with van der Waals surface area (Å²) >= 11 is 0. The summed E-state index contributed by atoms with van der Waals surface area (Å²) in [6.45, 7) is -1.71. The molecule has 2 N–H and O–H groups in total. The molecule has 0 radical (unpaired) electrons. The van der Waals surface area contributed by atoms with Crippen molar-refractivity contribution in [2.24, 2.45) is 0 Å². The van der Waals surface area contributed by atoms with Crippen molar-refractivity contribution in [1.82, 2.24) is 10.3 Å². The normalized spacial score (nSPS) is 16.8. The number of carbonyl (C=O) groups excluding carboxylic acids is 1. The van der Waals surface area contributed by atoms with Crippen LogP contribution in [-0.4, -0.2) is 36.8 Å². The van der Waals surface area contributed by atoms with E-state index in [1.54, 1.807) is 42.7 Å². The van der Waals surface area contributed by atoms with E-state index in [9.17, 15) is 13.6 Å². The van der Waals surface area contributed by atoms with Crippen molar-refractivity contribution < 1.29 is 18.3 Å². The Kier molecular flexibility index (Phi) is 5.27. The van der Waals surface area contributed by atoms with Crippen molar-refractivity contribution in [3.05, 3.63) is 48.8 Å². The standard InChI is InChI=1S/C17H18F2N4O2/c18-16(19)25-15-6-2-1-5-14(15)23-9-7-13(11-23)22-17(24)21-12-4-3-8-20-10-12/h1-6,8,10,13,16H,7,9,11H2,(H2,21,22,24)/t13-/m0/s1. The van der Waals surface area contributed by atoms with Gasteiger partial charge in [0.25, 0.3) is 0 Å². The number of pyridine rings is 1. The van der Waals surface area contributed by atoms with Gasteiger partial charge < -0.3 is 20.3 Å². The molecular weight excluding hydrogens is 330 g/mol. The fraction of sp³-hybridized carbons (Fsp3) is 0.294. The van der Waals surface area contributed by atoms with Crippen LogP contribution in [0.4, 0.5) is 25.0 Å². The first-order valence-electron chi connectivity index (χ1n) is 7.88. The molecule has 1 fully saturated rings. The number of rotatable bonds is 5. The van der Waals surface area contributed by atoms with Crippen molar-refractivity contribution in [2.75, 3.05) is 23.3 Å². The van der Waals surface area contributed by atoms with Crippen LogP contribution in [0, 0.1) is 0 Å². The second-order valence-electron chi connectivity index (χ2n) is 5.62. The van der Waals surface area contributed by atoms with E-state index in [0.29, 0.717) is 30.9 Å². The van der Waals surface area contributed by atoms with E-state index in [1.807, 2.05) is 4.90 Å². The van der Waals surface area contributed by atoms with Crippen LogP contribution in [0.1, 0.15) is 6.42 Å². The molecule has 2 heterocycles. The lowest BCUT2D eigenvalue weighted by atomic mass is 10.2. The van der Waals surface area contributed by atoms with Gasteiger partial charge in [-0.05, 0) is 30.7 Å². The maximum atomic E-state index is 12.5. The van der Waals surface area contributed by atoms with Gasteiger partial charge in [-0.2, -0.15) is 8.78 Å². The maximum Gasteiger partial charge on any atom is 0.387 e. The quantitative estimate of drug-likeness (QED) is 0.871. The summed E-state index contributed by atoms with van der Waals surface area (Å²) in [7, 11) is 0. The smallest absolute Gasteiger partial charge is 0.387 e. The average Bonchev–Trinajstić information content (AvgIpc) is 3.04. The number of nitrogens with one attached hydrogen (secondary N) is 2. The van der Waals surface area contributed by atoms with E-state index in [1.165, 1.54) is 6.07 Å². The van der Waals surface area contributed by atoms with E-state index < -0.39 is 6.61 Å². The molecule has 6 nitrogen and oxygen atoms in total. The molecule has 1 atom stereocenters. The number of amides is 2. The Bertz CT molecular complexity index is 715. The number of nitrogens with zero attached hydrogens (tertiary/aromatic N) is 2. The number of alkyl halides is 2. The van der Waals surface area contributed by atoms with Crippen LogP contribution in [-0.2, 0) is 0 Å². The number of hydrogen-bond donors (Lipinski definition) is 2. The lowest BCUT2D eigenvalue weighted by Crippen LogP contribution is -2.39. The first-order chi connectivity index (χ1) is 12.1. The van der Waals surface area contributed by atoms with Gasteiger partial charge in [-0.1, -0.05) is 12.1 Å². The van der Waals surface area contributed by atoms with Gasteiger partial charge >= 0.3 is 12.6 Å². The Morgan fingerprint density at radius 1 is 1.28 bits per heavy atom. The minimum atomic E-state index is -2.87. The number of benzene rings is 1. The molecule has 1 aromatic carbocycles.